The fraction of sp³-hybridized carbons (Fsp3) is 0.500. The van der Waals surface area contributed by atoms with Gasteiger partial charge in [-0.25, -0.2) is 4.79 Å². The third kappa shape index (κ3) is 3.17. The van der Waals surface area contributed by atoms with E-state index in [1.54, 1.807) is 6.92 Å². The Morgan fingerprint density at radius 1 is 1.32 bits per heavy atom. The Hall–Kier alpha value is -1.81. The van der Waals surface area contributed by atoms with Gasteiger partial charge in [0, 0.05) is 32.0 Å². The lowest BCUT2D eigenvalue weighted by Crippen LogP contribution is -2.44. The molecule has 2 unspecified atom stereocenters. The summed E-state index contributed by atoms with van der Waals surface area (Å²) >= 11 is 0. The Labute approximate surface area is 131 Å². The molecule has 1 aliphatic heterocycles. The van der Waals surface area contributed by atoms with Gasteiger partial charge >= 0.3 is 6.16 Å². The van der Waals surface area contributed by atoms with Crippen LogP contribution in [0.3, 0.4) is 0 Å². The Morgan fingerprint density at radius 3 is 2.91 bits per heavy atom. The molecule has 0 aromatic heterocycles. The molecule has 0 saturated carbocycles. The minimum absolute atomic E-state index is 0.350. The summed E-state index contributed by atoms with van der Waals surface area (Å²) in [6, 6.07) is 10.4. The summed E-state index contributed by atoms with van der Waals surface area (Å²) in [6.45, 7) is 4.77. The summed E-state index contributed by atoms with van der Waals surface area (Å²) in [7, 11) is 0. The summed E-state index contributed by atoms with van der Waals surface area (Å²) in [5, 5.41) is 0. The zero-order chi connectivity index (χ0) is 15.4. The van der Waals surface area contributed by atoms with Crippen molar-refractivity contribution < 1.29 is 14.3 Å². The molecule has 0 radical (unpaired) electrons. The highest BCUT2D eigenvalue weighted by Crippen LogP contribution is 2.40. The number of ether oxygens (including phenoxy) is 2. The highest BCUT2D eigenvalue weighted by atomic mass is 16.7. The number of likely N-dealkylation sites (tertiary alicyclic amines) is 1. The van der Waals surface area contributed by atoms with Crippen LogP contribution in [-0.2, 0) is 16.0 Å². The molecule has 0 spiro atoms. The largest absolute Gasteiger partial charge is 0.508 e. The zero-order valence-corrected chi connectivity index (χ0v) is 13.0. The maximum Gasteiger partial charge on any atom is 0.508 e. The second-order valence-corrected chi connectivity index (χ2v) is 6.11. The quantitative estimate of drug-likeness (QED) is 0.631. The van der Waals surface area contributed by atoms with Crippen molar-refractivity contribution in [2.45, 2.75) is 31.9 Å². The van der Waals surface area contributed by atoms with Crippen LogP contribution in [0, 0.1) is 5.92 Å². The fourth-order valence-electron chi connectivity index (χ4n) is 3.55. The van der Waals surface area contributed by atoms with Crippen molar-refractivity contribution in [1.82, 2.24) is 4.90 Å². The molecule has 2 atom stereocenters. The fourth-order valence-corrected chi connectivity index (χ4v) is 3.55. The molecule has 4 heteroatoms. The molecular formula is C18H23NO3. The van der Waals surface area contributed by atoms with Gasteiger partial charge in [-0.1, -0.05) is 42.5 Å². The number of benzene rings is 1. The molecule has 3 rings (SSSR count). The average molecular weight is 301 g/mol. The lowest BCUT2D eigenvalue weighted by atomic mass is 9.81. The predicted octanol–water partition coefficient (Wildman–Crippen LogP) is 3.38. The van der Waals surface area contributed by atoms with Gasteiger partial charge in [-0.3, -0.25) is 4.90 Å². The monoisotopic (exact) mass is 301 g/mol. The van der Waals surface area contributed by atoms with E-state index in [0.717, 1.165) is 32.5 Å². The maximum absolute atomic E-state index is 11.8. The van der Waals surface area contributed by atoms with Crippen LogP contribution in [0.2, 0.25) is 0 Å². The van der Waals surface area contributed by atoms with Crippen molar-refractivity contribution in [1.29, 1.82) is 0 Å². The number of hydrogen-bond donors (Lipinski definition) is 0. The summed E-state index contributed by atoms with van der Waals surface area (Å²) < 4.78 is 10.8. The first-order chi connectivity index (χ1) is 10.7. The highest BCUT2D eigenvalue weighted by molar-refractivity contribution is 5.60. The average Bonchev–Trinajstić information content (AvgIpc) is 2.85. The molecule has 0 amide bonds. The molecule has 0 N–H and O–H groups in total. The molecule has 2 aliphatic rings. The minimum Gasteiger partial charge on any atom is -0.435 e. The van der Waals surface area contributed by atoms with E-state index in [9.17, 15) is 4.79 Å². The topological polar surface area (TPSA) is 38.8 Å². The summed E-state index contributed by atoms with van der Waals surface area (Å²) in [4.78, 5) is 14.2. The van der Waals surface area contributed by atoms with E-state index in [-0.39, 0.29) is 0 Å². The van der Waals surface area contributed by atoms with Gasteiger partial charge in [-0.05, 0) is 18.9 Å². The number of rotatable bonds is 4. The molecule has 118 valence electrons. The Morgan fingerprint density at radius 2 is 2.14 bits per heavy atom. The Balaban J connectivity index is 1.70. The molecule has 1 saturated heterocycles. The van der Waals surface area contributed by atoms with E-state index >= 15 is 0 Å². The van der Waals surface area contributed by atoms with Gasteiger partial charge in [-0.15, -0.1) is 0 Å². The molecule has 4 nitrogen and oxygen atoms in total. The highest BCUT2D eigenvalue weighted by Gasteiger charge is 2.49. The maximum atomic E-state index is 11.8. The van der Waals surface area contributed by atoms with Crippen molar-refractivity contribution >= 4 is 6.16 Å². The molecule has 0 bridgehead atoms. The summed E-state index contributed by atoms with van der Waals surface area (Å²) in [6.07, 6.45) is 5.53. The zero-order valence-electron chi connectivity index (χ0n) is 13.0. The van der Waals surface area contributed by atoms with E-state index < -0.39 is 11.8 Å². The summed E-state index contributed by atoms with van der Waals surface area (Å²) in [5.41, 5.74) is 0.871. The smallest absolute Gasteiger partial charge is 0.435 e. The van der Waals surface area contributed by atoms with Gasteiger partial charge in [0.25, 0.3) is 0 Å². The van der Waals surface area contributed by atoms with Gasteiger partial charge < -0.3 is 9.47 Å². The van der Waals surface area contributed by atoms with E-state index in [1.165, 1.54) is 5.56 Å². The first-order valence-electron chi connectivity index (χ1n) is 7.99. The Kier molecular flexibility index (Phi) is 4.48. The van der Waals surface area contributed by atoms with Crippen LogP contribution in [0.15, 0.2) is 42.5 Å². The van der Waals surface area contributed by atoms with Crippen LogP contribution < -0.4 is 0 Å². The van der Waals surface area contributed by atoms with E-state index in [0.29, 0.717) is 12.5 Å². The normalized spacial score (nSPS) is 27.4. The van der Waals surface area contributed by atoms with E-state index in [2.05, 4.69) is 41.3 Å². The molecule has 22 heavy (non-hydrogen) atoms. The second-order valence-electron chi connectivity index (χ2n) is 6.11. The number of fused-ring (bicyclic) bond motifs is 1. The SMILES string of the molecule is CCOC(=O)OC12CC=CCC1CN(Cc1ccccc1)C2. The van der Waals surface area contributed by atoms with Crippen LogP contribution >= 0.6 is 0 Å². The number of allylic oxidation sites excluding steroid dienone is 1. The molecule has 1 fully saturated rings. The molecule has 1 aromatic rings. The first-order valence-corrected chi connectivity index (χ1v) is 7.99. The van der Waals surface area contributed by atoms with Gasteiger partial charge in [0.15, 0.2) is 0 Å². The van der Waals surface area contributed by atoms with E-state index in [4.69, 9.17) is 9.47 Å². The van der Waals surface area contributed by atoms with Crippen molar-refractivity contribution in [2.75, 3.05) is 19.7 Å². The summed E-state index contributed by atoms with van der Waals surface area (Å²) in [5.74, 6) is 0.352. The molecular weight excluding hydrogens is 278 g/mol. The number of carbonyl (C=O) groups excluding carboxylic acids is 1. The third-order valence-electron chi connectivity index (χ3n) is 4.56. The number of carbonyl (C=O) groups is 1. The second kappa shape index (κ2) is 6.53. The molecule has 1 heterocycles. The van der Waals surface area contributed by atoms with Gasteiger partial charge in [0.05, 0.1) is 6.61 Å². The van der Waals surface area contributed by atoms with Gasteiger partial charge in [-0.2, -0.15) is 0 Å². The van der Waals surface area contributed by atoms with Crippen molar-refractivity contribution in [3.63, 3.8) is 0 Å². The molecule has 1 aliphatic carbocycles. The van der Waals surface area contributed by atoms with Crippen molar-refractivity contribution in [3.05, 3.63) is 48.0 Å². The van der Waals surface area contributed by atoms with Gasteiger partial charge in [0.1, 0.15) is 5.60 Å². The first kappa shape index (κ1) is 15.1. The number of hydrogen-bond acceptors (Lipinski definition) is 4. The van der Waals surface area contributed by atoms with Crippen LogP contribution in [0.25, 0.3) is 0 Å². The lowest BCUT2D eigenvalue weighted by Gasteiger charge is -2.34. The van der Waals surface area contributed by atoms with Crippen LogP contribution in [0.4, 0.5) is 4.79 Å². The third-order valence-corrected chi connectivity index (χ3v) is 4.56. The van der Waals surface area contributed by atoms with E-state index in [1.807, 2.05) is 6.07 Å². The standard InChI is InChI=1S/C18H23NO3/c1-2-21-17(20)22-18-11-7-6-10-16(18)13-19(14-18)12-15-8-4-3-5-9-15/h3-9,16H,2,10-14H2,1H3. The lowest BCUT2D eigenvalue weighted by molar-refractivity contribution is -0.0500. The predicted molar refractivity (Wildman–Crippen MR) is 84.4 cm³/mol. The van der Waals surface area contributed by atoms with Crippen molar-refractivity contribution in [3.8, 4) is 0 Å². The minimum atomic E-state index is -0.538. The van der Waals surface area contributed by atoms with Gasteiger partial charge in [0.2, 0.25) is 0 Å². The van der Waals surface area contributed by atoms with Crippen LogP contribution in [0.5, 0.6) is 0 Å². The van der Waals surface area contributed by atoms with Crippen LogP contribution in [0.1, 0.15) is 25.3 Å². The van der Waals surface area contributed by atoms with Crippen molar-refractivity contribution in [2.24, 2.45) is 5.92 Å². The van der Waals surface area contributed by atoms with Crippen LogP contribution in [-0.4, -0.2) is 36.4 Å². The number of nitrogens with zero attached hydrogens (tertiary/aromatic N) is 1. The molecule has 1 aromatic carbocycles. The Bertz CT molecular complexity index is 543.